The van der Waals surface area contributed by atoms with Gasteiger partial charge in [0.25, 0.3) is 0 Å². The summed E-state index contributed by atoms with van der Waals surface area (Å²) in [6.45, 7) is 3.63. The van der Waals surface area contributed by atoms with Gasteiger partial charge < -0.3 is 11.1 Å². The number of hydrogen-bond acceptors (Lipinski definition) is 7. The monoisotopic (exact) mass is 628 g/mol. The number of aromatic nitrogens is 6. The van der Waals surface area contributed by atoms with Crippen LogP contribution in [0.4, 0.5) is 19.0 Å². The van der Waals surface area contributed by atoms with Crippen molar-refractivity contribution in [2.75, 3.05) is 19.3 Å². The second-order valence-electron chi connectivity index (χ2n) is 11.1. The first-order chi connectivity index (χ1) is 22.3. The Balaban J connectivity index is 0.000000210. The predicted octanol–water partition coefficient (Wildman–Crippen LogP) is 4.49. The van der Waals surface area contributed by atoms with Crippen molar-refractivity contribution in [3.05, 3.63) is 90.9 Å². The van der Waals surface area contributed by atoms with E-state index in [2.05, 4.69) is 22.0 Å². The van der Waals surface area contributed by atoms with Gasteiger partial charge in [-0.05, 0) is 60.6 Å². The van der Waals surface area contributed by atoms with E-state index >= 15 is 0 Å². The minimum atomic E-state index is -2.58. The van der Waals surface area contributed by atoms with Gasteiger partial charge in [-0.15, -0.1) is 0 Å². The van der Waals surface area contributed by atoms with Gasteiger partial charge in [-0.1, -0.05) is 12.6 Å². The van der Waals surface area contributed by atoms with Crippen LogP contribution in [-0.4, -0.2) is 77.7 Å². The van der Waals surface area contributed by atoms with Crippen LogP contribution in [0.1, 0.15) is 24.0 Å². The highest BCUT2D eigenvalue weighted by Crippen LogP contribution is 2.33. The van der Waals surface area contributed by atoms with Crippen molar-refractivity contribution >= 4 is 28.6 Å². The number of fused-ring (bicyclic) bond motifs is 2. The van der Waals surface area contributed by atoms with E-state index < -0.39 is 18.5 Å². The van der Waals surface area contributed by atoms with Crippen molar-refractivity contribution in [1.29, 1.82) is 0 Å². The van der Waals surface area contributed by atoms with Gasteiger partial charge in [-0.3, -0.25) is 4.57 Å². The zero-order valence-corrected chi connectivity index (χ0v) is 25.2. The van der Waals surface area contributed by atoms with Crippen LogP contribution in [0.5, 0.6) is 0 Å². The van der Waals surface area contributed by atoms with Crippen LogP contribution in [0.25, 0.3) is 34.1 Å². The van der Waals surface area contributed by atoms with Crippen LogP contribution in [0.2, 0.25) is 0 Å². The van der Waals surface area contributed by atoms with Crippen LogP contribution < -0.4 is 11.1 Å². The number of nitrogens with two attached hydrogens (primary N) is 1. The van der Waals surface area contributed by atoms with Crippen LogP contribution in [-0.2, 0) is 17.6 Å². The molecule has 1 aliphatic heterocycles. The zero-order valence-electron chi connectivity index (χ0n) is 25.2. The molecule has 7 rings (SSSR count). The highest BCUT2D eigenvalue weighted by molar-refractivity contribution is 5.91. The predicted molar refractivity (Wildman–Crippen MR) is 169 cm³/mol. The van der Waals surface area contributed by atoms with E-state index in [1.54, 1.807) is 24.1 Å². The number of alkyl halides is 3. The summed E-state index contributed by atoms with van der Waals surface area (Å²) in [4.78, 5) is 25.2. The molecule has 0 spiro atoms. The molecule has 13 heteroatoms. The third-order valence-corrected chi connectivity index (χ3v) is 8.24. The van der Waals surface area contributed by atoms with Crippen LogP contribution in [0.3, 0.4) is 0 Å². The van der Waals surface area contributed by atoms with Crippen LogP contribution in [0, 0.1) is 0 Å². The van der Waals surface area contributed by atoms with Gasteiger partial charge in [-0.25, -0.2) is 28.8 Å². The van der Waals surface area contributed by atoms with Crippen molar-refractivity contribution in [3.63, 3.8) is 0 Å². The number of pyridine rings is 2. The summed E-state index contributed by atoms with van der Waals surface area (Å²) in [5, 5.41) is 7.23. The molecule has 5 aromatic rings. The Hall–Kier alpha value is -5.17. The van der Waals surface area contributed by atoms with E-state index in [0.717, 1.165) is 33.0 Å². The Labute approximate surface area is 263 Å². The first-order valence-corrected chi connectivity index (χ1v) is 14.9. The summed E-state index contributed by atoms with van der Waals surface area (Å²) in [5.41, 5.74) is 11.1. The van der Waals surface area contributed by atoms with Crippen molar-refractivity contribution < 1.29 is 22.5 Å². The van der Waals surface area contributed by atoms with E-state index in [-0.39, 0.29) is 18.2 Å². The zero-order chi connectivity index (χ0) is 32.4. The Morgan fingerprint density at radius 1 is 1.11 bits per heavy atom. The van der Waals surface area contributed by atoms with Gasteiger partial charge in [0, 0.05) is 62.1 Å². The van der Waals surface area contributed by atoms with E-state index in [9.17, 15) is 18.0 Å². The number of nitrogens with one attached hydrogen (secondary N) is 1. The topological polar surface area (TPSA) is 120 Å². The number of amides is 1. The summed E-state index contributed by atoms with van der Waals surface area (Å²) < 4.78 is 44.1. The highest BCUT2D eigenvalue weighted by Gasteiger charge is 2.35. The van der Waals surface area contributed by atoms with Gasteiger partial charge in [0.1, 0.15) is 17.5 Å². The Morgan fingerprint density at radius 3 is 2.65 bits per heavy atom. The summed E-state index contributed by atoms with van der Waals surface area (Å²) in [5.74, 6) is 1.26. The molecule has 1 amide bonds. The molecular weight excluding hydrogens is 595 g/mol. The molecular formula is C33H33F3N9O+. The molecule has 0 radical (unpaired) electrons. The summed E-state index contributed by atoms with van der Waals surface area (Å²) in [6.07, 6.45) is 4.65. The van der Waals surface area contributed by atoms with Gasteiger partial charge in [-0.2, -0.15) is 18.5 Å². The van der Waals surface area contributed by atoms with Crippen molar-refractivity contribution in [2.45, 2.75) is 44.3 Å². The molecule has 3 N–H and O–H groups in total. The molecule has 46 heavy (non-hydrogen) atoms. The smallest absolute Gasteiger partial charge is 0.383 e. The minimum absolute atomic E-state index is 0.0304. The molecule has 236 valence electrons. The SMILES string of the molecule is C=CC(=O)[N+]1=C(C(F)F)CC(NC)CC1.Nc1ncccc1-c1nc2ccc(-n3cccn3)nc2n1-c1ccc2c(c1)CC(F)C2. The van der Waals surface area contributed by atoms with Gasteiger partial charge in [0.05, 0.1) is 5.56 Å². The second kappa shape index (κ2) is 13.1. The van der Waals surface area contributed by atoms with Crippen molar-refractivity contribution in [2.24, 2.45) is 0 Å². The van der Waals surface area contributed by atoms with Gasteiger partial charge >= 0.3 is 12.3 Å². The lowest BCUT2D eigenvalue weighted by molar-refractivity contribution is -0.454. The maximum absolute atomic E-state index is 14.0. The molecule has 2 aliphatic rings. The third kappa shape index (κ3) is 6.05. The molecule has 1 aliphatic carbocycles. The number of nitrogens with zero attached hydrogens (tertiary/aromatic N) is 7. The van der Waals surface area contributed by atoms with Gasteiger partial charge in [0.15, 0.2) is 23.8 Å². The number of anilines is 1. The summed E-state index contributed by atoms with van der Waals surface area (Å²) >= 11 is 0. The largest absolute Gasteiger partial charge is 0.411 e. The lowest BCUT2D eigenvalue weighted by Gasteiger charge is -2.20. The average Bonchev–Trinajstić information content (AvgIpc) is 3.82. The summed E-state index contributed by atoms with van der Waals surface area (Å²) in [7, 11) is 1.73. The van der Waals surface area contributed by atoms with Crippen LogP contribution >= 0.6 is 0 Å². The normalized spacial score (nSPS) is 17.6. The summed E-state index contributed by atoms with van der Waals surface area (Å²) in [6, 6.07) is 15.4. The Bertz CT molecular complexity index is 1930. The first-order valence-electron chi connectivity index (χ1n) is 14.9. The molecule has 1 aromatic carbocycles. The van der Waals surface area contributed by atoms with E-state index in [1.807, 2.05) is 59.3 Å². The maximum Gasteiger partial charge on any atom is 0.411 e. The molecule has 5 heterocycles. The number of hydrogen-bond donors (Lipinski definition) is 2. The number of carbonyl (C=O) groups excluding carboxylic acids is 1. The van der Waals surface area contributed by atoms with E-state index in [4.69, 9.17) is 15.7 Å². The lowest BCUT2D eigenvalue weighted by Crippen LogP contribution is -2.44. The molecule has 0 saturated heterocycles. The maximum atomic E-state index is 14.0. The van der Waals surface area contributed by atoms with Crippen LogP contribution in [0.15, 0.2) is 79.8 Å². The van der Waals surface area contributed by atoms with Crippen molar-refractivity contribution in [3.8, 4) is 22.9 Å². The molecule has 2 atom stereocenters. The molecule has 10 nitrogen and oxygen atoms in total. The number of rotatable bonds is 6. The molecule has 4 aromatic heterocycles. The average molecular weight is 629 g/mol. The van der Waals surface area contributed by atoms with E-state index in [0.29, 0.717) is 54.5 Å². The first kappa shape index (κ1) is 30.8. The van der Waals surface area contributed by atoms with E-state index in [1.165, 1.54) is 0 Å². The lowest BCUT2D eigenvalue weighted by atomic mass is 10.0. The Kier molecular flexibility index (Phi) is 8.75. The molecule has 0 bridgehead atoms. The number of nitrogen functional groups attached to an aromatic ring is 1. The molecule has 0 saturated carbocycles. The quantitative estimate of drug-likeness (QED) is 0.210. The van der Waals surface area contributed by atoms with Gasteiger partial charge in [0.2, 0.25) is 5.71 Å². The third-order valence-electron chi connectivity index (χ3n) is 8.24. The minimum Gasteiger partial charge on any atom is -0.383 e. The number of halogens is 3. The number of imidazole rings is 1. The molecule has 0 fully saturated rings. The van der Waals surface area contributed by atoms with Crippen molar-refractivity contribution in [1.82, 2.24) is 34.6 Å². The fraction of sp³-hybridized carbons (Fsp3) is 0.273. The highest BCUT2D eigenvalue weighted by atomic mass is 19.3. The molecule has 2 unspecified atom stereocenters. The standard InChI is InChI=1S/C23H18FN7.C10H15F2N2O/c24-16-11-14-4-5-17(13-15(14)12-16)31-22(18-3-1-8-26-21(18)25)28-19-6-7-20(29-23(19)31)30-10-2-9-27-30;1-3-9(15)14-5-4-7(13-2)6-8(14)10(11)12/h1-10,13,16H,11-12H2,(H2,25,26);3,7,10,13H,1,4-6H2,2H3/q;+1. The second-order valence-corrected chi connectivity index (χ2v) is 11.1. The fourth-order valence-corrected chi connectivity index (χ4v) is 5.91. The Morgan fingerprint density at radius 2 is 1.93 bits per heavy atom. The number of carbonyl (C=O) groups is 1. The fourth-order valence-electron chi connectivity index (χ4n) is 5.91. The number of benzene rings is 1.